The number of fused-ring (bicyclic) bond motifs is 1. The third kappa shape index (κ3) is 3.96. The number of carbonyl (C=O) groups is 2. The number of phenolic OH excluding ortho intramolecular Hbond substituents is 2. The number of phenols is 2. The van der Waals surface area contributed by atoms with Crippen molar-refractivity contribution >= 4 is 23.4 Å². The van der Waals surface area contributed by atoms with E-state index in [1.165, 1.54) is 0 Å². The number of Topliss-reactive ketones (excluding diaryl/α,β-unsaturated/α-hetero) is 1. The van der Waals surface area contributed by atoms with Crippen LogP contribution in [-0.4, -0.2) is 38.8 Å². The number of hydrogen-bond donors (Lipinski definition) is 3. The van der Waals surface area contributed by atoms with Gasteiger partial charge in [0.1, 0.15) is 17.6 Å². The van der Waals surface area contributed by atoms with Crippen LogP contribution in [0.5, 0.6) is 11.5 Å². The first-order valence-corrected chi connectivity index (χ1v) is 8.29. The van der Waals surface area contributed by atoms with Gasteiger partial charge in [0.05, 0.1) is 22.6 Å². The number of allylic oxidation sites excluding steroid dienone is 2. The Morgan fingerprint density at radius 2 is 1.92 bits per heavy atom. The zero-order chi connectivity index (χ0) is 18.9. The van der Waals surface area contributed by atoms with E-state index in [1.807, 2.05) is 0 Å². The summed E-state index contributed by atoms with van der Waals surface area (Å²) in [6.07, 6.45) is 1.12. The Kier molecular flexibility index (Phi) is 5.44. The minimum atomic E-state index is -1.26. The quantitative estimate of drug-likeness (QED) is 0.608. The van der Waals surface area contributed by atoms with Gasteiger partial charge in [0.15, 0.2) is 5.78 Å². The van der Waals surface area contributed by atoms with Gasteiger partial charge in [-0.25, -0.2) is 0 Å². The Bertz CT molecular complexity index is 750. The van der Waals surface area contributed by atoms with Crippen molar-refractivity contribution in [1.82, 2.24) is 0 Å². The molecule has 2 atom stereocenters. The minimum absolute atomic E-state index is 0.00525. The molecule has 6 nitrogen and oxygen atoms in total. The molecule has 0 aromatic heterocycles. The highest BCUT2D eigenvalue weighted by Crippen LogP contribution is 2.38. The molecule has 0 saturated heterocycles. The smallest absolute Gasteiger partial charge is 0.310 e. The van der Waals surface area contributed by atoms with Gasteiger partial charge in [-0.2, -0.15) is 0 Å². The van der Waals surface area contributed by atoms with E-state index in [2.05, 4.69) is 0 Å². The Balaban J connectivity index is 2.61. The van der Waals surface area contributed by atoms with Crippen LogP contribution in [-0.2, 0) is 16.0 Å². The molecule has 1 aliphatic heterocycles. The molecule has 7 heteroatoms. The van der Waals surface area contributed by atoms with Gasteiger partial charge in [-0.1, -0.05) is 17.7 Å². The lowest BCUT2D eigenvalue weighted by Gasteiger charge is -2.30. The molecule has 0 bridgehead atoms. The highest BCUT2D eigenvalue weighted by Gasteiger charge is 2.33. The second-order valence-electron chi connectivity index (χ2n) is 6.50. The molecular formula is C18H21ClO6. The first kappa shape index (κ1) is 19.3. The highest BCUT2D eigenvalue weighted by atomic mass is 35.5. The fourth-order valence-electron chi connectivity index (χ4n) is 2.69. The molecule has 136 valence electrons. The molecule has 1 aromatic carbocycles. The molecular weight excluding hydrogens is 348 g/mol. The first-order chi connectivity index (χ1) is 11.5. The lowest BCUT2D eigenvalue weighted by atomic mass is 9.91. The number of halogens is 1. The Morgan fingerprint density at radius 1 is 1.28 bits per heavy atom. The molecule has 0 saturated carbocycles. The monoisotopic (exact) mass is 368 g/mol. The number of esters is 1. The first-order valence-electron chi connectivity index (χ1n) is 7.91. The molecule has 0 fully saturated rings. The Morgan fingerprint density at radius 3 is 2.56 bits per heavy atom. The highest BCUT2D eigenvalue weighted by molar-refractivity contribution is 6.34. The molecule has 1 aliphatic rings. The van der Waals surface area contributed by atoms with E-state index in [-0.39, 0.29) is 16.1 Å². The second-order valence-corrected chi connectivity index (χ2v) is 6.88. The molecule has 25 heavy (non-hydrogen) atoms. The standard InChI is InChI=1S/C18H21ClO6/c1-9-5-4-6-18(3,24)10(2)25-14(22)7-11-15(17(9)23)12(20)8-13(21)16(11)19/h5,8,10,20-21,24H,4,6-7H2,1-3H3/b9-5+. The molecule has 3 N–H and O–H groups in total. The van der Waals surface area contributed by atoms with E-state index in [0.717, 1.165) is 6.07 Å². The average Bonchev–Trinajstić information content (AvgIpc) is 2.50. The van der Waals surface area contributed by atoms with Crippen LogP contribution in [0.25, 0.3) is 0 Å². The van der Waals surface area contributed by atoms with Crippen LogP contribution in [0.4, 0.5) is 0 Å². The molecule has 1 heterocycles. The summed E-state index contributed by atoms with van der Waals surface area (Å²) in [7, 11) is 0. The van der Waals surface area contributed by atoms with Crippen molar-refractivity contribution in [1.29, 1.82) is 0 Å². The van der Waals surface area contributed by atoms with Crippen LogP contribution in [0.2, 0.25) is 5.02 Å². The largest absolute Gasteiger partial charge is 0.507 e. The topological polar surface area (TPSA) is 104 Å². The van der Waals surface area contributed by atoms with Crippen LogP contribution in [0.1, 0.15) is 49.5 Å². The third-order valence-electron chi connectivity index (χ3n) is 4.51. The number of aromatic hydroxyl groups is 2. The molecule has 0 aliphatic carbocycles. The summed E-state index contributed by atoms with van der Waals surface area (Å²) in [5.41, 5.74) is -1.05. The van der Waals surface area contributed by atoms with E-state index in [1.54, 1.807) is 26.8 Å². The number of hydrogen-bond acceptors (Lipinski definition) is 6. The number of aliphatic hydroxyl groups is 1. The zero-order valence-electron chi connectivity index (χ0n) is 14.3. The van der Waals surface area contributed by atoms with Gasteiger partial charge in [-0.15, -0.1) is 0 Å². The van der Waals surface area contributed by atoms with Gasteiger partial charge >= 0.3 is 5.97 Å². The van der Waals surface area contributed by atoms with Gasteiger partial charge in [0.25, 0.3) is 0 Å². The summed E-state index contributed by atoms with van der Waals surface area (Å²) in [6, 6.07) is 0.969. The molecule has 2 unspecified atom stereocenters. The second kappa shape index (κ2) is 7.06. The maximum atomic E-state index is 12.7. The van der Waals surface area contributed by atoms with Gasteiger partial charge in [-0.05, 0) is 39.2 Å². The molecule has 0 spiro atoms. The van der Waals surface area contributed by atoms with Crippen LogP contribution >= 0.6 is 11.6 Å². The van der Waals surface area contributed by atoms with Crippen molar-refractivity contribution in [3.05, 3.63) is 33.9 Å². The summed E-state index contributed by atoms with van der Waals surface area (Å²) in [4.78, 5) is 24.9. The average molecular weight is 369 g/mol. The summed E-state index contributed by atoms with van der Waals surface area (Å²) < 4.78 is 5.25. The maximum Gasteiger partial charge on any atom is 0.310 e. The third-order valence-corrected chi connectivity index (χ3v) is 4.93. The van der Waals surface area contributed by atoms with Gasteiger partial charge in [-0.3, -0.25) is 9.59 Å². The fourth-order valence-corrected chi connectivity index (χ4v) is 2.90. The molecule has 0 radical (unpaired) electrons. The number of ether oxygens (including phenoxy) is 1. The van der Waals surface area contributed by atoms with E-state index < -0.39 is 41.4 Å². The number of ketones is 1. The van der Waals surface area contributed by atoms with Crippen molar-refractivity contribution in [2.24, 2.45) is 0 Å². The Labute approximate surface area is 150 Å². The lowest BCUT2D eigenvalue weighted by molar-refractivity contribution is -0.161. The van der Waals surface area contributed by atoms with Crippen LogP contribution < -0.4 is 0 Å². The Hall–Kier alpha value is -2.05. The SMILES string of the molecule is C/C1=C\CCC(C)(O)C(C)OC(=O)Cc2c(Cl)c(O)cc(O)c2C1=O. The molecule has 0 amide bonds. The fraction of sp³-hybridized carbons (Fsp3) is 0.444. The zero-order valence-corrected chi connectivity index (χ0v) is 15.1. The van der Waals surface area contributed by atoms with E-state index in [0.29, 0.717) is 18.4 Å². The predicted octanol–water partition coefficient (Wildman–Crippen LogP) is 2.90. The number of carbonyl (C=O) groups excluding carboxylic acids is 2. The van der Waals surface area contributed by atoms with Gasteiger partial charge < -0.3 is 20.1 Å². The van der Waals surface area contributed by atoms with Crippen molar-refractivity contribution in [2.45, 2.75) is 51.7 Å². The minimum Gasteiger partial charge on any atom is -0.507 e. The van der Waals surface area contributed by atoms with Gasteiger partial charge in [0, 0.05) is 11.6 Å². The van der Waals surface area contributed by atoms with Crippen LogP contribution in [0, 0.1) is 0 Å². The number of rotatable bonds is 0. The van der Waals surface area contributed by atoms with Crippen LogP contribution in [0.3, 0.4) is 0 Å². The number of cyclic esters (lactones) is 1. The van der Waals surface area contributed by atoms with E-state index >= 15 is 0 Å². The van der Waals surface area contributed by atoms with Crippen molar-refractivity contribution < 1.29 is 29.6 Å². The van der Waals surface area contributed by atoms with E-state index in [4.69, 9.17) is 16.3 Å². The summed E-state index contributed by atoms with van der Waals surface area (Å²) >= 11 is 6.06. The lowest BCUT2D eigenvalue weighted by Crippen LogP contribution is -2.40. The molecule has 2 rings (SSSR count). The predicted molar refractivity (Wildman–Crippen MR) is 92.0 cm³/mol. The number of benzene rings is 1. The summed E-state index contributed by atoms with van der Waals surface area (Å²) in [5, 5.41) is 30.2. The summed E-state index contributed by atoms with van der Waals surface area (Å²) in [6.45, 7) is 4.71. The van der Waals surface area contributed by atoms with E-state index in [9.17, 15) is 24.9 Å². The van der Waals surface area contributed by atoms with Crippen molar-refractivity contribution in [3.63, 3.8) is 0 Å². The van der Waals surface area contributed by atoms with Crippen molar-refractivity contribution in [2.75, 3.05) is 0 Å². The summed E-state index contributed by atoms with van der Waals surface area (Å²) in [5.74, 6) is -2.13. The van der Waals surface area contributed by atoms with Gasteiger partial charge in [0.2, 0.25) is 0 Å². The maximum absolute atomic E-state index is 12.7. The normalized spacial score (nSPS) is 27.4. The van der Waals surface area contributed by atoms with Crippen molar-refractivity contribution in [3.8, 4) is 11.5 Å². The van der Waals surface area contributed by atoms with Crippen LogP contribution in [0.15, 0.2) is 17.7 Å². The molecule has 1 aromatic rings.